The Morgan fingerprint density at radius 2 is 0.647 bits per heavy atom. The molecule has 0 aromatic heterocycles. The van der Waals surface area contributed by atoms with E-state index in [0.29, 0.717) is 65.3 Å². The van der Waals surface area contributed by atoms with Crippen LogP contribution < -0.4 is 37.9 Å². The van der Waals surface area contributed by atoms with Gasteiger partial charge in [-0.15, -0.1) is 0 Å². The number of ether oxygens (including phenoxy) is 10. The zero-order valence-corrected chi connectivity index (χ0v) is 50.5. The van der Waals surface area contributed by atoms with Crippen molar-refractivity contribution in [2.24, 2.45) is 0 Å². The topological polar surface area (TPSA) is 207 Å². The molecule has 0 radical (unpaired) electrons. The summed E-state index contributed by atoms with van der Waals surface area (Å²) < 4.78 is 59.7. The van der Waals surface area contributed by atoms with Crippen LogP contribution in [0.1, 0.15) is 142 Å². The number of carbonyl (C=O) groups is 2. The van der Waals surface area contributed by atoms with E-state index < -0.39 is 24.4 Å². The highest BCUT2D eigenvalue weighted by Crippen LogP contribution is 2.39. The molecule has 0 spiro atoms. The molecule has 0 saturated carbocycles. The van der Waals surface area contributed by atoms with Gasteiger partial charge in [0.15, 0.2) is 0 Å². The summed E-state index contributed by atoms with van der Waals surface area (Å²) in [7, 11) is 0. The van der Waals surface area contributed by atoms with Crippen LogP contribution in [0.5, 0.6) is 46.0 Å². The lowest BCUT2D eigenvalue weighted by atomic mass is 9.93. The first-order valence-electron chi connectivity index (χ1n) is 30.8. The van der Waals surface area contributed by atoms with Gasteiger partial charge in [-0.3, -0.25) is 9.59 Å². The number of hydrogen-bond acceptors (Lipinski definition) is 16. The van der Waals surface area contributed by atoms with Crippen molar-refractivity contribution in [3.05, 3.63) is 120 Å². The van der Waals surface area contributed by atoms with Gasteiger partial charge in [-0.05, 0) is 132 Å². The Morgan fingerprint density at radius 1 is 0.341 bits per heavy atom. The van der Waals surface area contributed by atoms with E-state index in [1.54, 1.807) is 30.3 Å². The molecular formula is C69H92O16. The second-order valence-corrected chi connectivity index (χ2v) is 21.5. The third kappa shape index (κ3) is 24.5. The van der Waals surface area contributed by atoms with Gasteiger partial charge in [-0.1, -0.05) is 116 Å². The van der Waals surface area contributed by atoms with Crippen LogP contribution in [0.4, 0.5) is 0 Å². The molecule has 6 aromatic rings. The average molecular weight is 1180 g/mol. The van der Waals surface area contributed by atoms with Crippen molar-refractivity contribution >= 4 is 33.5 Å². The molecule has 0 amide bonds. The van der Waals surface area contributed by atoms with Crippen molar-refractivity contribution in [2.75, 3.05) is 66.1 Å². The van der Waals surface area contributed by atoms with E-state index in [-0.39, 0.29) is 77.6 Å². The van der Waals surface area contributed by atoms with Crippen molar-refractivity contribution in [2.45, 2.75) is 161 Å². The lowest BCUT2D eigenvalue weighted by Crippen LogP contribution is -2.25. The molecule has 85 heavy (non-hydrogen) atoms. The lowest BCUT2D eigenvalue weighted by molar-refractivity contribution is -0.148. The van der Waals surface area contributed by atoms with Crippen LogP contribution in [0.2, 0.25) is 0 Å². The number of benzene rings is 6. The molecule has 6 rings (SSSR count). The zero-order valence-electron chi connectivity index (χ0n) is 50.5. The minimum Gasteiger partial charge on any atom is -0.494 e. The van der Waals surface area contributed by atoms with Crippen molar-refractivity contribution in [1.82, 2.24) is 0 Å². The summed E-state index contributed by atoms with van der Waals surface area (Å²) in [6.07, 6.45) is 10.4. The predicted molar refractivity (Wildman–Crippen MR) is 330 cm³/mol. The van der Waals surface area contributed by atoms with Gasteiger partial charge < -0.3 is 67.8 Å². The maximum Gasteiger partial charge on any atom is 0.305 e. The summed E-state index contributed by atoms with van der Waals surface area (Å²) in [6, 6.07) is 33.1. The van der Waals surface area contributed by atoms with E-state index in [0.717, 1.165) is 123 Å². The van der Waals surface area contributed by atoms with E-state index in [2.05, 4.69) is 27.7 Å². The second-order valence-electron chi connectivity index (χ2n) is 21.5. The molecule has 16 heteroatoms. The van der Waals surface area contributed by atoms with Gasteiger partial charge in [0.25, 0.3) is 0 Å². The summed E-state index contributed by atoms with van der Waals surface area (Å²) in [4.78, 5) is 25.1. The standard InChI is InChI=1S/C69H92O16/c1-5-9-13-15-17-19-68(74)84-48-54(72)45-81-61-26-22-51-24-36-67(83-47-55(73)49-85-69(75)20-18-16-14-10-6-2)65(63(51)40-61)41-64-62-39-60(80-44-52(70)42-78-58-31-27-56(28-32-58)76-37-11-7-3)25-21-50(62)23-35-66(64)82-46-53(71)43-79-59-33-29-57(30-34-59)77-38-12-8-4/h21-36,39-40,52-55,70-73H,5-20,37-38,41-49H2,1-4H3. The fraction of sp³-hybridized carbons (Fsp3) is 0.507. The predicted octanol–water partition coefficient (Wildman–Crippen LogP) is 12.9. The highest BCUT2D eigenvalue weighted by atomic mass is 16.6. The molecule has 0 aliphatic rings. The van der Waals surface area contributed by atoms with Gasteiger partial charge in [-0.2, -0.15) is 0 Å². The highest BCUT2D eigenvalue weighted by Gasteiger charge is 2.21. The number of aliphatic hydroxyl groups excluding tert-OH is 4. The van der Waals surface area contributed by atoms with Gasteiger partial charge >= 0.3 is 11.9 Å². The number of carbonyl (C=O) groups excluding carboxylic acids is 2. The van der Waals surface area contributed by atoms with E-state index in [9.17, 15) is 30.0 Å². The first-order chi connectivity index (χ1) is 41.4. The monoisotopic (exact) mass is 1180 g/mol. The third-order valence-corrected chi connectivity index (χ3v) is 14.1. The molecule has 4 N–H and O–H groups in total. The minimum absolute atomic E-state index is 0.0187. The fourth-order valence-corrected chi connectivity index (χ4v) is 9.21. The fourth-order valence-electron chi connectivity index (χ4n) is 9.21. The third-order valence-electron chi connectivity index (χ3n) is 14.1. The molecule has 0 heterocycles. The summed E-state index contributed by atoms with van der Waals surface area (Å²) in [6.45, 7) is 8.65. The molecule has 6 aromatic carbocycles. The number of esters is 2. The van der Waals surface area contributed by atoms with Crippen LogP contribution >= 0.6 is 0 Å². The Hall–Kier alpha value is -6.98. The van der Waals surface area contributed by atoms with Crippen LogP contribution in [0.25, 0.3) is 21.5 Å². The maximum absolute atomic E-state index is 12.6. The van der Waals surface area contributed by atoms with E-state index in [1.807, 2.05) is 78.9 Å². The van der Waals surface area contributed by atoms with Crippen molar-refractivity contribution < 1.29 is 77.4 Å². The largest absolute Gasteiger partial charge is 0.494 e. The Kier molecular flexibility index (Phi) is 30.1. The Labute approximate surface area is 502 Å². The van der Waals surface area contributed by atoms with E-state index >= 15 is 0 Å². The Bertz CT molecular complexity index is 2850. The van der Waals surface area contributed by atoms with Crippen LogP contribution in [0.15, 0.2) is 109 Å². The molecule has 16 nitrogen and oxygen atoms in total. The number of hydrogen-bond donors (Lipinski definition) is 4. The van der Waals surface area contributed by atoms with Gasteiger partial charge in [0.1, 0.15) is 123 Å². The molecule has 0 fully saturated rings. The molecule has 0 aliphatic heterocycles. The molecule has 0 bridgehead atoms. The molecular weight excluding hydrogens is 1080 g/mol. The Balaban J connectivity index is 1.26. The van der Waals surface area contributed by atoms with Crippen LogP contribution in [-0.2, 0) is 25.5 Å². The molecule has 4 unspecified atom stereocenters. The first kappa shape index (κ1) is 67.2. The lowest BCUT2D eigenvalue weighted by Gasteiger charge is -2.21. The summed E-state index contributed by atoms with van der Waals surface area (Å²) in [5.41, 5.74) is 1.37. The molecule has 4 atom stereocenters. The average Bonchev–Trinajstić information content (AvgIpc) is 2.12. The summed E-state index contributed by atoms with van der Waals surface area (Å²) in [5.74, 6) is 3.65. The van der Waals surface area contributed by atoms with Crippen LogP contribution in [-0.4, -0.2) is 123 Å². The first-order valence-corrected chi connectivity index (χ1v) is 30.8. The van der Waals surface area contributed by atoms with Gasteiger partial charge in [0.2, 0.25) is 0 Å². The van der Waals surface area contributed by atoms with E-state index in [4.69, 9.17) is 47.4 Å². The van der Waals surface area contributed by atoms with Gasteiger partial charge in [-0.25, -0.2) is 0 Å². The maximum atomic E-state index is 12.6. The zero-order chi connectivity index (χ0) is 60.4. The quantitative estimate of drug-likeness (QED) is 0.0207. The number of aliphatic hydroxyl groups is 4. The molecule has 464 valence electrons. The van der Waals surface area contributed by atoms with Crippen LogP contribution in [0.3, 0.4) is 0 Å². The minimum atomic E-state index is -1.15. The Morgan fingerprint density at radius 3 is 1.02 bits per heavy atom. The van der Waals surface area contributed by atoms with E-state index in [1.165, 1.54) is 0 Å². The van der Waals surface area contributed by atoms with Gasteiger partial charge in [0, 0.05) is 30.4 Å². The van der Waals surface area contributed by atoms with Crippen LogP contribution in [0, 0.1) is 0 Å². The SMILES string of the molecule is CCCCCCCC(=O)OCC(O)COc1ccc2ccc(OCC(O)COC(=O)CCCCCCC)c(Cc3c(OCC(O)COc4ccc(OCCCC)cc4)ccc4ccc(OCC(O)COc5ccc(OCCCC)cc5)cc34)c2c1. The molecule has 0 aliphatic carbocycles. The summed E-state index contributed by atoms with van der Waals surface area (Å²) in [5, 5.41) is 47.6. The second kappa shape index (κ2) is 38.1. The number of rotatable bonds is 44. The molecule has 0 saturated heterocycles. The highest BCUT2D eigenvalue weighted by molar-refractivity contribution is 5.93. The van der Waals surface area contributed by atoms with Crippen molar-refractivity contribution in [3.8, 4) is 46.0 Å². The normalized spacial score (nSPS) is 12.7. The van der Waals surface area contributed by atoms with Crippen molar-refractivity contribution in [1.29, 1.82) is 0 Å². The van der Waals surface area contributed by atoms with Crippen molar-refractivity contribution in [3.63, 3.8) is 0 Å². The number of unbranched alkanes of at least 4 members (excludes halogenated alkanes) is 10. The van der Waals surface area contributed by atoms with Gasteiger partial charge in [0.05, 0.1) is 13.2 Å². The smallest absolute Gasteiger partial charge is 0.305 e. The number of fused-ring (bicyclic) bond motifs is 2. The summed E-state index contributed by atoms with van der Waals surface area (Å²) >= 11 is 0.